The molecule has 3 nitrogen and oxygen atoms in total. The summed E-state index contributed by atoms with van der Waals surface area (Å²) in [5, 5.41) is 4.19. The van der Waals surface area contributed by atoms with Gasteiger partial charge in [-0.3, -0.25) is 0 Å². The standard InChI is InChI=1S/C12H13F2N3/c1-8-9(4-5-15)7-17(16-8)12-3-2-10(13)6-11(12)14/h2-3,6-7H,4-5,15H2,1H3. The first-order chi connectivity index (χ1) is 8.11. The summed E-state index contributed by atoms with van der Waals surface area (Å²) >= 11 is 0. The Bertz CT molecular complexity index is 535. The maximum Gasteiger partial charge on any atom is 0.151 e. The van der Waals surface area contributed by atoms with Gasteiger partial charge in [-0.15, -0.1) is 0 Å². The first-order valence-corrected chi connectivity index (χ1v) is 5.32. The molecule has 0 aliphatic carbocycles. The molecule has 1 heterocycles. The van der Waals surface area contributed by atoms with Crippen molar-refractivity contribution in [2.24, 2.45) is 5.73 Å². The van der Waals surface area contributed by atoms with Crippen LogP contribution in [0.2, 0.25) is 0 Å². The van der Waals surface area contributed by atoms with Crippen LogP contribution in [0.5, 0.6) is 0 Å². The highest BCUT2D eigenvalue weighted by Crippen LogP contribution is 2.16. The number of aromatic nitrogens is 2. The highest BCUT2D eigenvalue weighted by molar-refractivity contribution is 5.34. The SMILES string of the molecule is Cc1nn(-c2ccc(F)cc2F)cc1CCN. The lowest BCUT2D eigenvalue weighted by Gasteiger charge is -2.02. The lowest BCUT2D eigenvalue weighted by molar-refractivity contribution is 0.573. The third kappa shape index (κ3) is 2.34. The fourth-order valence-corrected chi connectivity index (χ4v) is 1.69. The van der Waals surface area contributed by atoms with E-state index in [2.05, 4.69) is 5.10 Å². The van der Waals surface area contributed by atoms with E-state index in [0.29, 0.717) is 13.0 Å². The van der Waals surface area contributed by atoms with Crippen molar-refractivity contribution in [3.63, 3.8) is 0 Å². The van der Waals surface area contributed by atoms with Gasteiger partial charge in [0.15, 0.2) is 5.82 Å². The second kappa shape index (κ2) is 4.63. The van der Waals surface area contributed by atoms with Gasteiger partial charge in [0.2, 0.25) is 0 Å². The van der Waals surface area contributed by atoms with Crippen molar-refractivity contribution < 1.29 is 8.78 Å². The molecule has 0 spiro atoms. The second-order valence-electron chi connectivity index (χ2n) is 3.82. The predicted molar refractivity (Wildman–Crippen MR) is 61.0 cm³/mol. The average Bonchev–Trinajstić information content (AvgIpc) is 2.60. The zero-order valence-corrected chi connectivity index (χ0v) is 9.45. The van der Waals surface area contributed by atoms with Gasteiger partial charge in [-0.05, 0) is 37.6 Å². The average molecular weight is 237 g/mol. The lowest BCUT2D eigenvalue weighted by atomic mass is 10.2. The summed E-state index contributed by atoms with van der Waals surface area (Å²) in [4.78, 5) is 0. The number of halogens is 2. The van der Waals surface area contributed by atoms with Crippen LogP contribution in [-0.4, -0.2) is 16.3 Å². The van der Waals surface area contributed by atoms with E-state index in [1.807, 2.05) is 6.92 Å². The van der Waals surface area contributed by atoms with Crippen molar-refractivity contribution in [2.45, 2.75) is 13.3 Å². The van der Waals surface area contributed by atoms with Crippen LogP contribution < -0.4 is 5.73 Å². The van der Waals surface area contributed by atoms with Gasteiger partial charge in [-0.1, -0.05) is 0 Å². The molecule has 90 valence electrons. The molecule has 17 heavy (non-hydrogen) atoms. The van der Waals surface area contributed by atoms with Gasteiger partial charge in [-0.25, -0.2) is 13.5 Å². The number of nitrogens with two attached hydrogens (primary N) is 1. The Balaban J connectivity index is 2.42. The largest absolute Gasteiger partial charge is 0.330 e. The van der Waals surface area contributed by atoms with Crippen molar-refractivity contribution in [3.05, 3.63) is 47.3 Å². The summed E-state index contributed by atoms with van der Waals surface area (Å²) in [7, 11) is 0. The monoisotopic (exact) mass is 237 g/mol. The predicted octanol–water partition coefficient (Wildman–Crippen LogP) is 1.96. The van der Waals surface area contributed by atoms with Gasteiger partial charge < -0.3 is 5.73 Å². The van der Waals surface area contributed by atoms with Crippen LogP contribution in [0, 0.1) is 18.6 Å². The van der Waals surface area contributed by atoms with Gasteiger partial charge >= 0.3 is 0 Å². The molecule has 1 aromatic heterocycles. The third-order valence-corrected chi connectivity index (χ3v) is 2.57. The van der Waals surface area contributed by atoms with Crippen molar-refractivity contribution >= 4 is 0 Å². The third-order valence-electron chi connectivity index (χ3n) is 2.57. The molecule has 5 heteroatoms. The number of nitrogens with zero attached hydrogens (tertiary/aromatic N) is 2. The summed E-state index contributed by atoms with van der Waals surface area (Å²) in [6.45, 7) is 2.35. The Kier molecular flexibility index (Phi) is 3.19. The Morgan fingerprint density at radius 2 is 2.12 bits per heavy atom. The van der Waals surface area contributed by atoms with E-state index < -0.39 is 11.6 Å². The zero-order valence-electron chi connectivity index (χ0n) is 9.45. The molecule has 2 aromatic rings. The maximum absolute atomic E-state index is 13.5. The topological polar surface area (TPSA) is 43.8 Å². The van der Waals surface area contributed by atoms with Gasteiger partial charge in [0.1, 0.15) is 11.5 Å². The molecule has 0 aliphatic rings. The van der Waals surface area contributed by atoms with Gasteiger partial charge in [0, 0.05) is 12.3 Å². The molecule has 1 aromatic carbocycles. The van der Waals surface area contributed by atoms with Crippen molar-refractivity contribution in [1.29, 1.82) is 0 Å². The number of rotatable bonds is 3. The van der Waals surface area contributed by atoms with Crippen molar-refractivity contribution in [3.8, 4) is 5.69 Å². The highest BCUT2D eigenvalue weighted by atomic mass is 19.1. The van der Waals surface area contributed by atoms with Crippen molar-refractivity contribution in [2.75, 3.05) is 6.54 Å². The Morgan fingerprint density at radius 3 is 2.76 bits per heavy atom. The summed E-state index contributed by atoms with van der Waals surface area (Å²) in [6.07, 6.45) is 2.41. The van der Waals surface area contributed by atoms with Crippen LogP contribution in [0.15, 0.2) is 24.4 Å². The Hall–Kier alpha value is -1.75. The van der Waals surface area contributed by atoms with Crippen molar-refractivity contribution in [1.82, 2.24) is 9.78 Å². The van der Waals surface area contributed by atoms with Crippen LogP contribution in [-0.2, 0) is 6.42 Å². The van der Waals surface area contributed by atoms with Gasteiger partial charge in [-0.2, -0.15) is 5.10 Å². The Morgan fingerprint density at radius 1 is 1.35 bits per heavy atom. The summed E-state index contributed by atoms with van der Waals surface area (Å²) in [5.74, 6) is -1.23. The molecule has 0 bridgehead atoms. The molecule has 0 atom stereocenters. The normalized spacial score (nSPS) is 10.8. The zero-order chi connectivity index (χ0) is 12.4. The molecule has 0 amide bonds. The number of benzene rings is 1. The number of hydrogen-bond donors (Lipinski definition) is 1. The summed E-state index contributed by atoms with van der Waals surface area (Å²) < 4.78 is 27.7. The van der Waals surface area contributed by atoms with Crippen LogP contribution >= 0.6 is 0 Å². The summed E-state index contributed by atoms with van der Waals surface area (Å²) in [5.41, 5.74) is 7.47. The molecule has 2 N–H and O–H groups in total. The molecule has 0 aliphatic heterocycles. The van der Waals surface area contributed by atoms with E-state index in [0.717, 1.165) is 17.3 Å². The molecular weight excluding hydrogens is 224 g/mol. The van der Waals surface area contributed by atoms with E-state index in [1.54, 1.807) is 6.20 Å². The molecule has 0 saturated heterocycles. The van der Waals surface area contributed by atoms with Crippen LogP contribution in [0.3, 0.4) is 0 Å². The molecule has 0 saturated carbocycles. The number of hydrogen-bond acceptors (Lipinski definition) is 2. The van der Waals surface area contributed by atoms with E-state index in [1.165, 1.54) is 16.8 Å². The van der Waals surface area contributed by atoms with E-state index in [4.69, 9.17) is 5.73 Å². The molecule has 0 unspecified atom stereocenters. The first kappa shape index (κ1) is 11.7. The van der Waals surface area contributed by atoms with Gasteiger partial charge in [0.05, 0.1) is 5.69 Å². The lowest BCUT2D eigenvalue weighted by Crippen LogP contribution is -2.02. The number of aryl methyl sites for hydroxylation is 1. The van der Waals surface area contributed by atoms with Crippen LogP contribution in [0.4, 0.5) is 8.78 Å². The minimum absolute atomic E-state index is 0.234. The highest BCUT2D eigenvalue weighted by Gasteiger charge is 2.10. The fourth-order valence-electron chi connectivity index (χ4n) is 1.69. The quantitative estimate of drug-likeness (QED) is 0.886. The maximum atomic E-state index is 13.5. The second-order valence-corrected chi connectivity index (χ2v) is 3.82. The molecule has 2 rings (SSSR count). The minimum atomic E-state index is -0.633. The van der Waals surface area contributed by atoms with Crippen LogP contribution in [0.1, 0.15) is 11.3 Å². The Labute approximate surface area is 97.9 Å². The first-order valence-electron chi connectivity index (χ1n) is 5.32. The molecule has 0 fully saturated rings. The minimum Gasteiger partial charge on any atom is -0.330 e. The smallest absolute Gasteiger partial charge is 0.151 e. The molecular formula is C12H13F2N3. The van der Waals surface area contributed by atoms with Gasteiger partial charge in [0.25, 0.3) is 0 Å². The van der Waals surface area contributed by atoms with E-state index in [-0.39, 0.29) is 5.69 Å². The van der Waals surface area contributed by atoms with E-state index in [9.17, 15) is 8.78 Å². The van der Waals surface area contributed by atoms with Crippen LogP contribution in [0.25, 0.3) is 5.69 Å². The summed E-state index contributed by atoms with van der Waals surface area (Å²) in [6, 6.07) is 3.41. The fraction of sp³-hybridized carbons (Fsp3) is 0.250. The van der Waals surface area contributed by atoms with E-state index >= 15 is 0 Å². The molecule has 0 radical (unpaired) electrons.